The van der Waals surface area contributed by atoms with Crippen molar-refractivity contribution < 1.29 is 8.42 Å². The van der Waals surface area contributed by atoms with E-state index in [1.807, 2.05) is 0 Å². The third-order valence-electron chi connectivity index (χ3n) is 2.37. The first-order valence-electron chi connectivity index (χ1n) is 4.92. The SMILES string of the molecule is Cn1nnnc1SC1=NS(=O)(=O)c2ccccc21. The number of nitrogens with zero attached hydrogens (tertiary/aromatic N) is 5. The van der Waals surface area contributed by atoms with Gasteiger partial charge in [0, 0.05) is 12.6 Å². The predicted molar refractivity (Wildman–Crippen MR) is 64.8 cm³/mol. The summed E-state index contributed by atoms with van der Waals surface area (Å²) in [6.45, 7) is 0. The van der Waals surface area contributed by atoms with Crippen molar-refractivity contribution in [3.63, 3.8) is 0 Å². The molecule has 0 fully saturated rings. The molecule has 7 nitrogen and oxygen atoms in total. The summed E-state index contributed by atoms with van der Waals surface area (Å²) in [6, 6.07) is 6.69. The van der Waals surface area contributed by atoms with E-state index < -0.39 is 10.0 Å². The van der Waals surface area contributed by atoms with Gasteiger partial charge in [-0.05, 0) is 28.3 Å². The fourth-order valence-corrected chi connectivity index (χ4v) is 3.87. The molecule has 0 N–H and O–H groups in total. The van der Waals surface area contributed by atoms with Crippen molar-refractivity contribution in [1.82, 2.24) is 20.2 Å². The van der Waals surface area contributed by atoms with E-state index in [9.17, 15) is 8.42 Å². The van der Waals surface area contributed by atoms with E-state index in [0.29, 0.717) is 15.8 Å². The Morgan fingerprint density at radius 1 is 1.28 bits per heavy atom. The molecule has 0 radical (unpaired) electrons. The van der Waals surface area contributed by atoms with Gasteiger partial charge < -0.3 is 0 Å². The van der Waals surface area contributed by atoms with E-state index in [2.05, 4.69) is 19.9 Å². The number of hydrogen-bond donors (Lipinski definition) is 0. The monoisotopic (exact) mass is 281 g/mol. The van der Waals surface area contributed by atoms with Crippen molar-refractivity contribution >= 4 is 26.8 Å². The standard InChI is InChI=1S/C9H7N5O2S2/c1-14-9(10-12-13-14)17-8-6-4-2-3-5-7(6)18(15,16)11-8/h2-5H,1H3. The largest absolute Gasteiger partial charge is 0.284 e. The molecule has 92 valence electrons. The molecule has 0 bridgehead atoms. The number of aromatic nitrogens is 4. The van der Waals surface area contributed by atoms with E-state index in [0.717, 1.165) is 11.8 Å². The highest BCUT2D eigenvalue weighted by Gasteiger charge is 2.29. The normalized spacial score (nSPS) is 16.4. The predicted octanol–water partition coefficient (Wildman–Crippen LogP) is 0.451. The summed E-state index contributed by atoms with van der Waals surface area (Å²) in [5, 5.41) is 11.8. The Hall–Kier alpha value is -1.74. The van der Waals surface area contributed by atoms with Crippen LogP contribution in [0.3, 0.4) is 0 Å². The Balaban J connectivity index is 2.08. The second kappa shape index (κ2) is 3.89. The van der Waals surface area contributed by atoms with Gasteiger partial charge in [-0.25, -0.2) is 4.68 Å². The minimum atomic E-state index is -3.58. The van der Waals surface area contributed by atoms with Crippen molar-refractivity contribution in [3.05, 3.63) is 29.8 Å². The van der Waals surface area contributed by atoms with Crippen molar-refractivity contribution in [2.45, 2.75) is 10.1 Å². The lowest BCUT2D eigenvalue weighted by Gasteiger charge is -1.99. The molecular formula is C9H7N5O2S2. The molecule has 1 aromatic carbocycles. The number of tetrazole rings is 1. The molecule has 9 heteroatoms. The van der Waals surface area contributed by atoms with Gasteiger partial charge in [-0.3, -0.25) is 0 Å². The topological polar surface area (TPSA) is 90.1 Å². The lowest BCUT2D eigenvalue weighted by molar-refractivity contribution is 0.599. The van der Waals surface area contributed by atoms with Crippen molar-refractivity contribution in [2.75, 3.05) is 0 Å². The van der Waals surface area contributed by atoms with Crippen LogP contribution < -0.4 is 0 Å². The first-order valence-corrected chi connectivity index (χ1v) is 7.18. The van der Waals surface area contributed by atoms with Crippen LogP contribution in [0, 0.1) is 0 Å². The van der Waals surface area contributed by atoms with E-state index in [1.165, 1.54) is 10.7 Å². The van der Waals surface area contributed by atoms with Crippen molar-refractivity contribution in [3.8, 4) is 0 Å². The number of aryl methyl sites for hydroxylation is 1. The second-order valence-corrected chi connectivity index (χ2v) is 6.08. The van der Waals surface area contributed by atoms with E-state index in [1.54, 1.807) is 25.2 Å². The van der Waals surface area contributed by atoms with Crippen LogP contribution >= 0.6 is 11.8 Å². The molecule has 0 unspecified atom stereocenters. The van der Waals surface area contributed by atoms with Crippen LogP contribution in [0.25, 0.3) is 0 Å². The van der Waals surface area contributed by atoms with Gasteiger partial charge in [0.1, 0.15) is 5.04 Å². The Bertz CT molecular complexity index is 750. The van der Waals surface area contributed by atoms with Crippen LogP contribution in [0.5, 0.6) is 0 Å². The number of sulfonamides is 1. The summed E-state index contributed by atoms with van der Waals surface area (Å²) < 4.78 is 28.8. The van der Waals surface area contributed by atoms with Gasteiger partial charge in [-0.2, -0.15) is 12.8 Å². The molecule has 2 heterocycles. The summed E-state index contributed by atoms with van der Waals surface area (Å²) in [7, 11) is -1.90. The smallest absolute Gasteiger partial charge is 0.223 e. The van der Waals surface area contributed by atoms with E-state index in [-0.39, 0.29) is 4.90 Å². The van der Waals surface area contributed by atoms with Gasteiger partial charge in [0.05, 0.1) is 4.90 Å². The van der Waals surface area contributed by atoms with Crippen LogP contribution in [0.2, 0.25) is 0 Å². The molecule has 18 heavy (non-hydrogen) atoms. The maximum Gasteiger partial charge on any atom is 0.284 e. The van der Waals surface area contributed by atoms with E-state index >= 15 is 0 Å². The van der Waals surface area contributed by atoms with Crippen LogP contribution in [0.15, 0.2) is 38.7 Å². The molecule has 0 saturated carbocycles. The minimum Gasteiger partial charge on any atom is -0.223 e. The summed E-state index contributed by atoms with van der Waals surface area (Å²) in [5.41, 5.74) is 0.588. The quantitative estimate of drug-likeness (QED) is 0.754. The highest BCUT2D eigenvalue weighted by molar-refractivity contribution is 8.15. The van der Waals surface area contributed by atoms with Gasteiger partial charge >= 0.3 is 0 Å². The number of thioether (sulfide) groups is 1. The van der Waals surface area contributed by atoms with Crippen LogP contribution in [-0.2, 0) is 17.1 Å². The molecule has 3 rings (SSSR count). The summed E-state index contributed by atoms with van der Waals surface area (Å²) in [5.74, 6) is 0. The van der Waals surface area contributed by atoms with Crippen LogP contribution in [0.4, 0.5) is 0 Å². The number of rotatable bonds is 1. The van der Waals surface area contributed by atoms with Crippen molar-refractivity contribution in [2.24, 2.45) is 11.4 Å². The van der Waals surface area contributed by atoms with Gasteiger partial charge in [0.15, 0.2) is 0 Å². The number of hydrogen-bond acceptors (Lipinski definition) is 6. The minimum absolute atomic E-state index is 0.225. The first-order chi connectivity index (χ1) is 8.58. The molecule has 0 saturated heterocycles. The Labute approximate surface area is 107 Å². The van der Waals surface area contributed by atoms with E-state index in [4.69, 9.17) is 0 Å². The molecule has 0 amide bonds. The number of benzene rings is 1. The zero-order valence-corrected chi connectivity index (χ0v) is 10.8. The lowest BCUT2D eigenvalue weighted by atomic mass is 10.2. The fourth-order valence-electron chi connectivity index (χ4n) is 1.54. The Kier molecular flexibility index (Phi) is 2.45. The average Bonchev–Trinajstić information content (AvgIpc) is 2.84. The molecule has 0 aliphatic carbocycles. The van der Waals surface area contributed by atoms with Crippen LogP contribution in [0.1, 0.15) is 5.56 Å². The summed E-state index contributed by atoms with van der Waals surface area (Å²) in [6.07, 6.45) is 0. The maximum atomic E-state index is 11.8. The molecule has 0 atom stereocenters. The summed E-state index contributed by atoms with van der Waals surface area (Å²) >= 11 is 1.13. The highest BCUT2D eigenvalue weighted by atomic mass is 32.2. The second-order valence-electron chi connectivity index (χ2n) is 3.55. The fraction of sp³-hybridized carbons (Fsp3) is 0.111. The van der Waals surface area contributed by atoms with Gasteiger partial charge in [0.25, 0.3) is 10.0 Å². The maximum absolute atomic E-state index is 11.8. The molecule has 0 spiro atoms. The van der Waals surface area contributed by atoms with Crippen molar-refractivity contribution in [1.29, 1.82) is 0 Å². The zero-order chi connectivity index (χ0) is 12.8. The lowest BCUT2D eigenvalue weighted by Crippen LogP contribution is -1.98. The summed E-state index contributed by atoms with van der Waals surface area (Å²) in [4.78, 5) is 0.225. The molecule has 1 aliphatic rings. The van der Waals surface area contributed by atoms with Gasteiger partial charge in [-0.15, -0.1) is 5.10 Å². The molecule has 1 aromatic heterocycles. The van der Waals surface area contributed by atoms with Gasteiger partial charge in [-0.1, -0.05) is 18.2 Å². The third-order valence-corrected chi connectivity index (χ3v) is 4.85. The Morgan fingerprint density at radius 3 is 2.78 bits per heavy atom. The van der Waals surface area contributed by atoms with Crippen LogP contribution in [-0.4, -0.2) is 33.7 Å². The highest BCUT2D eigenvalue weighted by Crippen LogP contribution is 2.32. The molecule has 2 aromatic rings. The molecular weight excluding hydrogens is 274 g/mol. The third kappa shape index (κ3) is 1.71. The zero-order valence-electron chi connectivity index (χ0n) is 9.18. The number of fused-ring (bicyclic) bond motifs is 1. The Morgan fingerprint density at radius 2 is 2.06 bits per heavy atom. The van der Waals surface area contributed by atoms with Gasteiger partial charge in [0.2, 0.25) is 5.16 Å². The molecule has 1 aliphatic heterocycles. The average molecular weight is 281 g/mol. The first kappa shape index (κ1) is 11.4.